The fourth-order valence-corrected chi connectivity index (χ4v) is 1.64. The van der Waals surface area contributed by atoms with E-state index in [0.717, 1.165) is 0 Å². The van der Waals surface area contributed by atoms with E-state index in [-0.39, 0.29) is 17.2 Å². The first kappa shape index (κ1) is 11.7. The molecule has 0 radical (unpaired) electrons. The zero-order chi connectivity index (χ0) is 13.3. The van der Waals surface area contributed by atoms with Gasteiger partial charge in [-0.2, -0.15) is 9.99 Å². The molecule has 0 atom stereocenters. The first-order valence-corrected chi connectivity index (χ1v) is 5.07. The molecule has 0 aliphatic heterocycles. The number of rotatable bonds is 2. The highest BCUT2D eigenvalue weighted by Gasteiger charge is 2.20. The molecule has 0 amide bonds. The Kier molecular flexibility index (Phi) is 2.73. The monoisotopic (exact) mass is 243 g/mol. The fourth-order valence-electron chi connectivity index (χ4n) is 1.64. The van der Waals surface area contributed by atoms with Crippen LogP contribution in [0, 0.1) is 18.3 Å². The molecule has 1 aromatic heterocycles. The predicted octanol–water partition coefficient (Wildman–Crippen LogP) is 1.67. The average molecular weight is 243 g/mol. The number of carboxylic acids is 1. The number of carbonyl (C=O) groups is 1. The van der Waals surface area contributed by atoms with Crippen molar-refractivity contribution in [1.82, 2.24) is 9.71 Å². The van der Waals surface area contributed by atoms with E-state index in [4.69, 9.17) is 10.4 Å². The van der Waals surface area contributed by atoms with Gasteiger partial charge in [0.05, 0.1) is 17.3 Å². The Labute approximate surface area is 102 Å². The maximum Gasteiger partial charge on any atom is 0.357 e. The normalized spacial score (nSPS) is 10.0. The lowest BCUT2D eigenvalue weighted by molar-refractivity contribution is 0.0645. The van der Waals surface area contributed by atoms with Gasteiger partial charge in [-0.05, 0) is 31.2 Å². The van der Waals surface area contributed by atoms with E-state index in [1.807, 2.05) is 6.07 Å². The smallest absolute Gasteiger partial charge is 0.357 e. The molecule has 0 bridgehead atoms. The second kappa shape index (κ2) is 4.22. The lowest BCUT2D eigenvalue weighted by Gasteiger charge is -2.01. The van der Waals surface area contributed by atoms with E-state index < -0.39 is 5.97 Å². The molecule has 0 aliphatic rings. The van der Waals surface area contributed by atoms with E-state index >= 15 is 0 Å². The van der Waals surface area contributed by atoms with Gasteiger partial charge in [0.15, 0.2) is 11.5 Å². The highest BCUT2D eigenvalue weighted by Crippen LogP contribution is 2.21. The minimum absolute atomic E-state index is 0.134. The van der Waals surface area contributed by atoms with Gasteiger partial charge in [-0.1, -0.05) is 0 Å². The third-order valence-electron chi connectivity index (χ3n) is 2.50. The average Bonchev–Trinajstić information content (AvgIpc) is 2.65. The summed E-state index contributed by atoms with van der Waals surface area (Å²) in [4.78, 5) is 14.9. The maximum atomic E-state index is 10.9. The number of aromatic nitrogens is 2. The van der Waals surface area contributed by atoms with Gasteiger partial charge in [0.2, 0.25) is 0 Å². The van der Waals surface area contributed by atoms with Crippen molar-refractivity contribution in [3.8, 4) is 17.5 Å². The van der Waals surface area contributed by atoms with Crippen molar-refractivity contribution >= 4 is 5.97 Å². The number of nitriles is 1. The molecule has 6 heteroatoms. The molecule has 0 spiro atoms. The summed E-state index contributed by atoms with van der Waals surface area (Å²) < 4.78 is 0.541. The quantitative estimate of drug-likeness (QED) is 0.781. The summed E-state index contributed by atoms with van der Waals surface area (Å²) in [7, 11) is 0. The van der Waals surface area contributed by atoms with Gasteiger partial charge in [0, 0.05) is 5.56 Å². The third kappa shape index (κ3) is 1.78. The van der Waals surface area contributed by atoms with E-state index in [9.17, 15) is 10.0 Å². The summed E-state index contributed by atoms with van der Waals surface area (Å²) in [6, 6.07) is 8.30. The van der Waals surface area contributed by atoms with Crippen LogP contribution in [-0.2, 0) is 0 Å². The number of hydrogen-bond acceptors (Lipinski definition) is 4. The Bertz CT molecular complexity index is 650. The van der Waals surface area contributed by atoms with Gasteiger partial charge < -0.3 is 10.3 Å². The molecular formula is C12H9N3O3. The van der Waals surface area contributed by atoms with Crippen molar-refractivity contribution in [2.75, 3.05) is 0 Å². The summed E-state index contributed by atoms with van der Waals surface area (Å²) in [5.41, 5.74) is 0.968. The Balaban J connectivity index is 2.55. The zero-order valence-electron chi connectivity index (χ0n) is 9.45. The Hall–Kier alpha value is -2.81. The second-order valence-electron chi connectivity index (χ2n) is 3.68. The molecule has 0 saturated carbocycles. The van der Waals surface area contributed by atoms with Crippen LogP contribution >= 0.6 is 0 Å². The maximum absolute atomic E-state index is 10.9. The second-order valence-corrected chi connectivity index (χ2v) is 3.68. The molecule has 1 heterocycles. The van der Waals surface area contributed by atoms with Gasteiger partial charge in [0.25, 0.3) is 0 Å². The minimum atomic E-state index is -1.25. The van der Waals surface area contributed by atoms with Crippen LogP contribution in [0.15, 0.2) is 24.3 Å². The molecule has 2 aromatic rings. The number of aromatic carboxylic acids is 1. The largest absolute Gasteiger partial charge is 0.476 e. The molecule has 90 valence electrons. The van der Waals surface area contributed by atoms with E-state index in [2.05, 4.69) is 4.98 Å². The molecule has 18 heavy (non-hydrogen) atoms. The predicted molar refractivity (Wildman–Crippen MR) is 61.3 cm³/mol. The number of nitrogens with zero attached hydrogens (tertiary/aromatic N) is 3. The van der Waals surface area contributed by atoms with Crippen molar-refractivity contribution in [3.63, 3.8) is 0 Å². The fraction of sp³-hybridized carbons (Fsp3) is 0.0833. The third-order valence-corrected chi connectivity index (χ3v) is 2.50. The van der Waals surface area contributed by atoms with Crippen LogP contribution in [0.4, 0.5) is 0 Å². The van der Waals surface area contributed by atoms with Crippen molar-refractivity contribution in [3.05, 3.63) is 41.2 Å². The van der Waals surface area contributed by atoms with E-state index in [0.29, 0.717) is 15.9 Å². The SMILES string of the molecule is Cc1nc(-c2ccc(C#N)cc2)n(O)c1C(=O)O. The number of imidazole rings is 1. The first-order chi connectivity index (χ1) is 8.54. The molecule has 2 N–H and O–H groups in total. The molecule has 6 nitrogen and oxygen atoms in total. The minimum Gasteiger partial charge on any atom is -0.476 e. The van der Waals surface area contributed by atoms with Gasteiger partial charge >= 0.3 is 5.97 Å². The summed E-state index contributed by atoms with van der Waals surface area (Å²) in [5, 5.41) is 27.4. The topological polar surface area (TPSA) is 99.1 Å². The lowest BCUT2D eigenvalue weighted by Crippen LogP contribution is -2.07. The van der Waals surface area contributed by atoms with Gasteiger partial charge in [-0.25, -0.2) is 9.78 Å². The van der Waals surface area contributed by atoms with Crippen molar-refractivity contribution in [2.45, 2.75) is 6.92 Å². The summed E-state index contributed by atoms with van der Waals surface area (Å²) in [5.74, 6) is -1.11. The number of aryl methyl sites for hydroxylation is 1. The Morgan fingerprint density at radius 3 is 2.44 bits per heavy atom. The molecule has 0 aliphatic carbocycles. The highest BCUT2D eigenvalue weighted by atomic mass is 16.5. The van der Waals surface area contributed by atoms with Crippen molar-refractivity contribution in [2.24, 2.45) is 0 Å². The molecule has 2 rings (SSSR count). The molecule has 0 saturated heterocycles. The first-order valence-electron chi connectivity index (χ1n) is 5.07. The van der Waals surface area contributed by atoms with Crippen LogP contribution in [0.3, 0.4) is 0 Å². The van der Waals surface area contributed by atoms with Crippen LogP contribution in [0.5, 0.6) is 0 Å². The van der Waals surface area contributed by atoms with Crippen molar-refractivity contribution in [1.29, 1.82) is 5.26 Å². The van der Waals surface area contributed by atoms with Crippen molar-refractivity contribution < 1.29 is 15.1 Å². The number of hydrogen-bond donors (Lipinski definition) is 2. The highest BCUT2D eigenvalue weighted by molar-refractivity contribution is 5.88. The van der Waals surface area contributed by atoms with E-state index in [1.54, 1.807) is 24.3 Å². The lowest BCUT2D eigenvalue weighted by atomic mass is 10.1. The number of carboxylic acid groups (broad SMARTS) is 1. The molecular weight excluding hydrogens is 234 g/mol. The molecule has 1 aromatic carbocycles. The molecule has 0 fully saturated rings. The summed E-state index contributed by atoms with van der Waals surface area (Å²) >= 11 is 0. The summed E-state index contributed by atoms with van der Waals surface area (Å²) in [6.45, 7) is 1.50. The molecule has 0 unspecified atom stereocenters. The van der Waals surface area contributed by atoms with Crippen LogP contribution < -0.4 is 0 Å². The van der Waals surface area contributed by atoms with Crippen LogP contribution in [0.1, 0.15) is 21.7 Å². The summed E-state index contributed by atoms with van der Waals surface area (Å²) in [6.07, 6.45) is 0. The van der Waals surface area contributed by atoms with Crippen LogP contribution in [-0.4, -0.2) is 26.0 Å². The Morgan fingerprint density at radius 1 is 1.39 bits per heavy atom. The number of benzene rings is 1. The van der Waals surface area contributed by atoms with Gasteiger partial charge in [-0.3, -0.25) is 0 Å². The zero-order valence-corrected chi connectivity index (χ0v) is 9.45. The van der Waals surface area contributed by atoms with Gasteiger partial charge in [0.1, 0.15) is 0 Å². The van der Waals surface area contributed by atoms with Crippen LogP contribution in [0.2, 0.25) is 0 Å². The Morgan fingerprint density at radius 2 is 2.00 bits per heavy atom. The standard InChI is InChI=1S/C12H9N3O3/c1-7-10(12(16)17)15(18)11(14-7)9-4-2-8(6-13)3-5-9/h2-5,18H,1H3,(H,16,17). The van der Waals surface area contributed by atoms with E-state index in [1.165, 1.54) is 6.92 Å². The van der Waals surface area contributed by atoms with Crippen LogP contribution in [0.25, 0.3) is 11.4 Å². The van der Waals surface area contributed by atoms with Gasteiger partial charge in [-0.15, -0.1) is 0 Å².